The molecule has 0 fully saturated rings. The maximum atomic E-state index is 12.1. The first-order chi connectivity index (χ1) is 13.0. The largest absolute Gasteiger partial charge is 0.461 e. The molecule has 0 radical (unpaired) electrons. The Balaban J connectivity index is 1.84. The zero-order valence-electron chi connectivity index (χ0n) is 16.1. The normalized spacial score (nSPS) is 10.5. The Bertz CT molecular complexity index is 756. The molecule has 2 N–H and O–H groups in total. The van der Waals surface area contributed by atoms with Gasteiger partial charge < -0.3 is 20.3 Å². The van der Waals surface area contributed by atoms with Crippen LogP contribution in [0.3, 0.4) is 0 Å². The van der Waals surface area contributed by atoms with E-state index in [1.54, 1.807) is 24.3 Å². The molecule has 27 heavy (non-hydrogen) atoms. The summed E-state index contributed by atoms with van der Waals surface area (Å²) in [6.45, 7) is 9.02. The highest BCUT2D eigenvalue weighted by Gasteiger charge is 2.09. The molecule has 0 bridgehead atoms. The van der Waals surface area contributed by atoms with Crippen LogP contribution in [-0.4, -0.2) is 43.1 Å². The molecule has 0 unspecified atom stereocenters. The van der Waals surface area contributed by atoms with Crippen LogP contribution in [0, 0.1) is 6.92 Å². The third-order valence-corrected chi connectivity index (χ3v) is 4.31. The Morgan fingerprint density at radius 3 is 2.26 bits per heavy atom. The minimum Gasteiger partial charge on any atom is -0.461 e. The lowest BCUT2D eigenvalue weighted by molar-refractivity contribution is 0.0466. The van der Waals surface area contributed by atoms with Gasteiger partial charge in [-0.3, -0.25) is 0 Å². The fourth-order valence-electron chi connectivity index (χ4n) is 2.58. The first kappa shape index (κ1) is 20.5. The summed E-state index contributed by atoms with van der Waals surface area (Å²) in [6, 6.07) is 13.9. The van der Waals surface area contributed by atoms with Crippen LogP contribution in [0.25, 0.3) is 0 Å². The van der Waals surface area contributed by atoms with Gasteiger partial charge in [-0.15, -0.1) is 0 Å². The van der Waals surface area contributed by atoms with Crippen LogP contribution in [0.4, 0.5) is 16.2 Å². The molecule has 0 aromatic heterocycles. The lowest BCUT2D eigenvalue weighted by atomic mass is 10.2. The van der Waals surface area contributed by atoms with E-state index in [1.807, 2.05) is 31.2 Å². The number of amides is 2. The van der Waals surface area contributed by atoms with Gasteiger partial charge in [-0.2, -0.15) is 0 Å². The maximum absolute atomic E-state index is 12.1. The fraction of sp³-hybridized carbons (Fsp3) is 0.333. The third-order valence-electron chi connectivity index (χ3n) is 4.31. The van der Waals surface area contributed by atoms with E-state index in [4.69, 9.17) is 4.74 Å². The van der Waals surface area contributed by atoms with Crippen LogP contribution in [-0.2, 0) is 4.74 Å². The predicted octanol–water partition coefficient (Wildman–Crippen LogP) is 4.14. The maximum Gasteiger partial charge on any atom is 0.338 e. The first-order valence-electron chi connectivity index (χ1n) is 9.16. The van der Waals surface area contributed by atoms with E-state index >= 15 is 0 Å². The van der Waals surface area contributed by atoms with Gasteiger partial charge in [-0.1, -0.05) is 32.0 Å². The predicted molar refractivity (Wildman–Crippen MR) is 108 cm³/mol. The van der Waals surface area contributed by atoms with Crippen molar-refractivity contribution in [1.29, 1.82) is 0 Å². The summed E-state index contributed by atoms with van der Waals surface area (Å²) in [5.41, 5.74) is 2.79. The summed E-state index contributed by atoms with van der Waals surface area (Å²) in [4.78, 5) is 26.4. The van der Waals surface area contributed by atoms with Crippen LogP contribution < -0.4 is 10.6 Å². The zero-order chi connectivity index (χ0) is 19.6. The van der Waals surface area contributed by atoms with Gasteiger partial charge in [-0.05, 0) is 55.9 Å². The van der Waals surface area contributed by atoms with E-state index in [0.717, 1.165) is 30.9 Å². The summed E-state index contributed by atoms with van der Waals surface area (Å²) in [6.07, 6.45) is 0. The highest BCUT2D eigenvalue weighted by molar-refractivity contribution is 6.00. The number of urea groups is 1. The van der Waals surface area contributed by atoms with E-state index in [2.05, 4.69) is 29.4 Å². The number of carbonyl (C=O) groups is 2. The number of anilines is 2. The Labute approximate surface area is 160 Å². The van der Waals surface area contributed by atoms with Gasteiger partial charge in [0.25, 0.3) is 0 Å². The summed E-state index contributed by atoms with van der Waals surface area (Å²) in [7, 11) is 0. The van der Waals surface area contributed by atoms with E-state index < -0.39 is 0 Å². The number of ether oxygens (including phenoxy) is 1. The SMILES string of the molecule is CCN(CC)CCOC(=O)c1ccc(NC(=O)Nc2ccccc2C)cc1. The summed E-state index contributed by atoms with van der Waals surface area (Å²) in [5.74, 6) is -0.363. The molecule has 0 aliphatic carbocycles. The van der Waals surface area contributed by atoms with E-state index in [-0.39, 0.29) is 12.0 Å². The number of likely N-dealkylation sites (N-methyl/N-ethyl adjacent to an activating group) is 1. The van der Waals surface area contributed by atoms with Crippen LogP contribution in [0.1, 0.15) is 29.8 Å². The standard InChI is InChI=1S/C21H27N3O3/c1-4-24(5-2)14-15-27-20(25)17-10-12-18(13-11-17)22-21(26)23-19-9-7-6-8-16(19)3/h6-13H,4-5,14-15H2,1-3H3,(H2,22,23,26). The van der Waals surface area contributed by atoms with E-state index in [1.165, 1.54) is 0 Å². The third kappa shape index (κ3) is 6.42. The van der Waals surface area contributed by atoms with Crippen molar-refractivity contribution < 1.29 is 14.3 Å². The molecule has 6 heteroatoms. The van der Waals surface area contributed by atoms with Gasteiger partial charge in [-0.25, -0.2) is 9.59 Å². The lowest BCUT2D eigenvalue weighted by Gasteiger charge is -2.17. The number of esters is 1. The summed E-state index contributed by atoms with van der Waals surface area (Å²) >= 11 is 0. The topological polar surface area (TPSA) is 70.7 Å². The average molecular weight is 369 g/mol. The Kier molecular flexibility index (Phi) is 7.82. The molecule has 0 saturated heterocycles. The number of nitrogens with one attached hydrogen (secondary N) is 2. The Morgan fingerprint density at radius 1 is 0.963 bits per heavy atom. The van der Waals surface area contributed by atoms with Gasteiger partial charge in [0.2, 0.25) is 0 Å². The highest BCUT2D eigenvalue weighted by Crippen LogP contribution is 2.15. The number of nitrogens with zero attached hydrogens (tertiary/aromatic N) is 1. The molecule has 2 rings (SSSR count). The second-order valence-corrected chi connectivity index (χ2v) is 6.13. The molecular formula is C21H27N3O3. The molecule has 2 amide bonds. The second-order valence-electron chi connectivity index (χ2n) is 6.13. The molecule has 6 nitrogen and oxygen atoms in total. The fourth-order valence-corrected chi connectivity index (χ4v) is 2.58. The van der Waals surface area contributed by atoms with Crippen molar-refractivity contribution >= 4 is 23.4 Å². The molecule has 2 aromatic rings. The monoisotopic (exact) mass is 369 g/mol. The van der Waals surface area contributed by atoms with Gasteiger partial charge in [0.15, 0.2) is 0 Å². The van der Waals surface area contributed by atoms with Crippen molar-refractivity contribution in [3.05, 3.63) is 59.7 Å². The molecule has 0 heterocycles. The quantitative estimate of drug-likeness (QED) is 0.686. The lowest BCUT2D eigenvalue weighted by Crippen LogP contribution is -2.27. The van der Waals surface area contributed by atoms with Crippen molar-refractivity contribution in [2.75, 3.05) is 36.9 Å². The minimum atomic E-state index is -0.363. The van der Waals surface area contributed by atoms with Crippen LogP contribution in [0.2, 0.25) is 0 Å². The Morgan fingerprint density at radius 2 is 1.63 bits per heavy atom. The number of carbonyl (C=O) groups excluding carboxylic acids is 2. The number of aryl methyl sites for hydroxylation is 1. The molecule has 144 valence electrons. The number of hydrogen-bond donors (Lipinski definition) is 2. The molecular weight excluding hydrogens is 342 g/mol. The molecule has 0 aliphatic rings. The smallest absolute Gasteiger partial charge is 0.338 e. The van der Waals surface area contributed by atoms with Gasteiger partial charge >= 0.3 is 12.0 Å². The molecule has 0 saturated carbocycles. The van der Waals surface area contributed by atoms with Gasteiger partial charge in [0, 0.05) is 17.9 Å². The average Bonchev–Trinajstić information content (AvgIpc) is 2.67. The highest BCUT2D eigenvalue weighted by atomic mass is 16.5. The minimum absolute atomic E-state index is 0.334. The van der Waals surface area contributed by atoms with Crippen molar-refractivity contribution in [3.8, 4) is 0 Å². The summed E-state index contributed by atoms with van der Waals surface area (Å²) in [5, 5.41) is 5.55. The van der Waals surface area contributed by atoms with Crippen LogP contribution >= 0.6 is 0 Å². The van der Waals surface area contributed by atoms with Gasteiger partial charge in [0.1, 0.15) is 6.61 Å². The van der Waals surface area contributed by atoms with E-state index in [0.29, 0.717) is 17.9 Å². The molecule has 0 atom stereocenters. The first-order valence-corrected chi connectivity index (χ1v) is 9.16. The van der Waals surface area contributed by atoms with Crippen molar-refractivity contribution in [2.45, 2.75) is 20.8 Å². The number of benzene rings is 2. The Hall–Kier alpha value is -2.86. The van der Waals surface area contributed by atoms with Crippen molar-refractivity contribution in [3.63, 3.8) is 0 Å². The summed E-state index contributed by atoms with van der Waals surface area (Å²) < 4.78 is 5.30. The molecule has 0 aliphatic heterocycles. The van der Waals surface area contributed by atoms with Crippen molar-refractivity contribution in [2.24, 2.45) is 0 Å². The number of hydrogen-bond acceptors (Lipinski definition) is 4. The number of para-hydroxylation sites is 1. The van der Waals surface area contributed by atoms with Gasteiger partial charge in [0.05, 0.1) is 5.56 Å². The zero-order valence-corrected chi connectivity index (χ0v) is 16.1. The van der Waals surface area contributed by atoms with Crippen LogP contribution in [0.15, 0.2) is 48.5 Å². The van der Waals surface area contributed by atoms with Crippen molar-refractivity contribution in [1.82, 2.24) is 4.90 Å². The van der Waals surface area contributed by atoms with E-state index in [9.17, 15) is 9.59 Å². The second kappa shape index (κ2) is 10.3. The van der Waals surface area contributed by atoms with Crippen LogP contribution in [0.5, 0.6) is 0 Å². The molecule has 0 spiro atoms. The number of rotatable bonds is 8. The molecule has 2 aromatic carbocycles.